The predicted molar refractivity (Wildman–Crippen MR) is 150 cm³/mol. The number of aldehydes is 1. The van der Waals surface area contributed by atoms with Crippen LogP contribution >= 0.6 is 0 Å². The Morgan fingerprint density at radius 1 is 1.07 bits per heavy atom. The lowest BCUT2D eigenvalue weighted by atomic mass is 9.51. The molecule has 210 valence electrons. The molecule has 0 aromatic heterocycles. The molecule has 2 fully saturated rings. The number of hydrogen-bond acceptors (Lipinski definition) is 7. The molecule has 6 aliphatic rings. The third kappa shape index (κ3) is 3.30. The number of allylic oxidation sites excluding steroid dienone is 4. The SMILES string of the molecule is CC(C)=CCc1c2c(c(O)c3c1OC14C(=CC5CC1C(C)(C)OC4(C/C=C(/C)C=O)C5=O)C3=O)C=CC(C)(C)O2. The summed E-state index contributed by atoms with van der Waals surface area (Å²) in [5.74, 6) is -0.814. The molecule has 3 aliphatic heterocycles. The quantitative estimate of drug-likeness (QED) is 0.292. The molecule has 1 aromatic carbocycles. The van der Waals surface area contributed by atoms with Crippen molar-refractivity contribution in [3.63, 3.8) is 0 Å². The number of rotatable bonds is 5. The van der Waals surface area contributed by atoms with E-state index in [9.17, 15) is 19.5 Å². The van der Waals surface area contributed by atoms with E-state index < -0.39 is 28.3 Å². The van der Waals surface area contributed by atoms with Crippen LogP contribution in [0.2, 0.25) is 0 Å². The Balaban J connectivity index is 1.67. The number of carbonyl (C=O) groups excluding carboxylic acids is 3. The first-order valence-electron chi connectivity index (χ1n) is 13.9. The van der Waals surface area contributed by atoms with Gasteiger partial charge in [0, 0.05) is 29.4 Å². The van der Waals surface area contributed by atoms with Crippen molar-refractivity contribution in [2.75, 3.05) is 0 Å². The summed E-state index contributed by atoms with van der Waals surface area (Å²) in [5.41, 5.74) is -1.26. The summed E-state index contributed by atoms with van der Waals surface area (Å²) in [7, 11) is 0. The molecule has 0 amide bonds. The molecule has 7 heteroatoms. The van der Waals surface area contributed by atoms with E-state index in [4.69, 9.17) is 14.2 Å². The fourth-order valence-corrected chi connectivity index (χ4v) is 7.41. The Labute approximate surface area is 234 Å². The lowest BCUT2D eigenvalue weighted by Crippen LogP contribution is -2.72. The highest BCUT2D eigenvalue weighted by Gasteiger charge is 2.81. The average molecular weight is 545 g/mol. The Kier molecular flexibility index (Phi) is 5.54. The number of hydrogen-bond donors (Lipinski definition) is 1. The van der Waals surface area contributed by atoms with Gasteiger partial charge in [-0.15, -0.1) is 0 Å². The van der Waals surface area contributed by atoms with Gasteiger partial charge < -0.3 is 19.3 Å². The normalized spacial score (nSPS) is 31.9. The molecular formula is C33H36O7. The summed E-state index contributed by atoms with van der Waals surface area (Å²) in [4.78, 5) is 40.1. The molecule has 3 heterocycles. The third-order valence-electron chi connectivity index (χ3n) is 9.23. The zero-order chi connectivity index (χ0) is 29.0. The zero-order valence-corrected chi connectivity index (χ0v) is 24.1. The van der Waals surface area contributed by atoms with E-state index in [2.05, 4.69) is 0 Å². The number of phenols is 1. The molecule has 7 rings (SSSR count). The van der Waals surface area contributed by atoms with Crippen molar-refractivity contribution in [1.29, 1.82) is 0 Å². The number of phenolic OH excluding ortho intramolecular Hbond substituents is 1. The largest absolute Gasteiger partial charge is 0.506 e. The number of Topliss-reactive ketones (excluding diaryl/α,β-unsaturated/α-hetero) is 2. The monoisotopic (exact) mass is 544 g/mol. The summed E-state index contributed by atoms with van der Waals surface area (Å²) >= 11 is 0. The number of aromatic hydroxyl groups is 1. The number of ether oxygens (including phenoxy) is 3. The van der Waals surface area contributed by atoms with Gasteiger partial charge in [-0.1, -0.05) is 23.8 Å². The van der Waals surface area contributed by atoms with Crippen molar-refractivity contribution in [1.82, 2.24) is 0 Å². The molecule has 1 saturated carbocycles. The molecule has 4 unspecified atom stereocenters. The second kappa shape index (κ2) is 8.29. The molecule has 3 aliphatic carbocycles. The molecule has 7 nitrogen and oxygen atoms in total. The van der Waals surface area contributed by atoms with E-state index >= 15 is 0 Å². The molecule has 40 heavy (non-hydrogen) atoms. The van der Waals surface area contributed by atoms with Gasteiger partial charge in [-0.3, -0.25) is 14.4 Å². The van der Waals surface area contributed by atoms with Crippen LogP contribution in [-0.4, -0.2) is 45.4 Å². The second-order valence-electron chi connectivity index (χ2n) is 13.1. The maximum absolute atomic E-state index is 14.5. The van der Waals surface area contributed by atoms with Crippen molar-refractivity contribution in [2.45, 2.75) is 90.1 Å². The molecule has 1 N–H and O–H groups in total. The predicted octanol–water partition coefficient (Wildman–Crippen LogP) is 5.63. The number of ketones is 2. The van der Waals surface area contributed by atoms with Crippen molar-refractivity contribution in [3.05, 3.63) is 57.7 Å². The Morgan fingerprint density at radius 2 is 1.80 bits per heavy atom. The van der Waals surface area contributed by atoms with Crippen LogP contribution in [0.15, 0.2) is 41.0 Å². The lowest BCUT2D eigenvalue weighted by molar-refractivity contribution is -0.171. The van der Waals surface area contributed by atoms with Crippen LogP contribution in [0.5, 0.6) is 17.2 Å². The van der Waals surface area contributed by atoms with Gasteiger partial charge in [0.2, 0.25) is 0 Å². The topological polar surface area (TPSA) is 99.1 Å². The van der Waals surface area contributed by atoms with E-state index in [0.29, 0.717) is 40.9 Å². The third-order valence-corrected chi connectivity index (χ3v) is 9.23. The minimum atomic E-state index is -1.49. The van der Waals surface area contributed by atoms with Crippen molar-refractivity contribution < 1.29 is 33.7 Å². The highest BCUT2D eigenvalue weighted by atomic mass is 16.6. The molecule has 1 aromatic rings. The Bertz CT molecular complexity index is 1510. The number of fused-ring (bicyclic) bond motifs is 2. The summed E-state index contributed by atoms with van der Waals surface area (Å²) in [6, 6.07) is 0. The van der Waals surface area contributed by atoms with Crippen LogP contribution in [0.3, 0.4) is 0 Å². The Morgan fingerprint density at radius 3 is 2.48 bits per heavy atom. The van der Waals surface area contributed by atoms with Crippen LogP contribution in [0.4, 0.5) is 0 Å². The van der Waals surface area contributed by atoms with Gasteiger partial charge in [0.1, 0.15) is 34.7 Å². The minimum Gasteiger partial charge on any atom is -0.506 e. The standard InChI is InChI=1S/C33H36O7/c1-17(2)8-9-21-27-20(11-12-30(4,5)38-27)25(35)24-26(36)22-14-19-15-23-31(6,7)40-32(29(19)37,13-10-18(3)16-34)33(22,23)39-28(21)24/h8,10-12,14,16,19,23,35H,9,13,15H2,1-7H3/b18-10-. The van der Waals surface area contributed by atoms with Gasteiger partial charge in [-0.2, -0.15) is 0 Å². The molecule has 0 radical (unpaired) electrons. The maximum atomic E-state index is 14.5. The molecule has 1 saturated heterocycles. The van der Waals surface area contributed by atoms with Gasteiger partial charge in [-0.25, -0.2) is 0 Å². The van der Waals surface area contributed by atoms with Crippen LogP contribution in [-0.2, 0) is 20.7 Å². The highest BCUT2D eigenvalue weighted by molar-refractivity contribution is 6.19. The average Bonchev–Trinajstić information content (AvgIpc) is 3.03. The summed E-state index contributed by atoms with van der Waals surface area (Å²) < 4.78 is 20.2. The van der Waals surface area contributed by atoms with E-state index in [1.165, 1.54) is 0 Å². The van der Waals surface area contributed by atoms with Crippen molar-refractivity contribution in [2.24, 2.45) is 11.8 Å². The molecular weight excluding hydrogens is 508 g/mol. The van der Waals surface area contributed by atoms with Gasteiger partial charge in [-0.05, 0) is 79.0 Å². The molecule has 4 atom stereocenters. The van der Waals surface area contributed by atoms with Gasteiger partial charge in [0.15, 0.2) is 22.8 Å². The molecule has 1 spiro atoms. The van der Waals surface area contributed by atoms with Crippen LogP contribution in [0, 0.1) is 11.8 Å². The van der Waals surface area contributed by atoms with Gasteiger partial charge in [0.05, 0.1) is 11.2 Å². The van der Waals surface area contributed by atoms with Gasteiger partial charge in [0.25, 0.3) is 0 Å². The smallest absolute Gasteiger partial charge is 0.200 e. The summed E-state index contributed by atoms with van der Waals surface area (Å²) in [5, 5.41) is 11.5. The zero-order valence-electron chi connectivity index (χ0n) is 24.1. The van der Waals surface area contributed by atoms with Crippen LogP contribution in [0.1, 0.15) is 82.8 Å². The fourth-order valence-electron chi connectivity index (χ4n) is 7.41. The van der Waals surface area contributed by atoms with E-state index in [1.54, 1.807) is 25.2 Å². The van der Waals surface area contributed by atoms with Crippen molar-refractivity contribution in [3.8, 4) is 17.2 Å². The Hall–Kier alpha value is -3.45. The number of carbonyl (C=O) groups is 3. The second-order valence-corrected chi connectivity index (χ2v) is 13.1. The van der Waals surface area contributed by atoms with Crippen molar-refractivity contribution >= 4 is 23.9 Å². The first-order valence-corrected chi connectivity index (χ1v) is 13.9. The lowest BCUT2D eigenvalue weighted by Gasteiger charge is -2.56. The maximum Gasteiger partial charge on any atom is 0.200 e. The summed E-state index contributed by atoms with van der Waals surface area (Å²) in [6.07, 6.45) is 10.8. The summed E-state index contributed by atoms with van der Waals surface area (Å²) in [6.45, 7) is 13.4. The first-order chi connectivity index (χ1) is 18.7. The highest BCUT2D eigenvalue weighted by Crippen LogP contribution is 2.68. The minimum absolute atomic E-state index is 0.0905. The van der Waals surface area contributed by atoms with Gasteiger partial charge >= 0.3 is 0 Å². The van der Waals surface area contributed by atoms with E-state index in [0.717, 1.165) is 11.9 Å². The first kappa shape index (κ1) is 26.8. The van der Waals surface area contributed by atoms with E-state index in [-0.39, 0.29) is 41.0 Å². The van der Waals surface area contributed by atoms with Crippen LogP contribution in [0.25, 0.3) is 6.08 Å². The van der Waals surface area contributed by atoms with E-state index in [1.807, 2.05) is 53.7 Å². The molecule has 4 bridgehead atoms. The fraction of sp³-hybridized carbons (Fsp3) is 0.485. The van der Waals surface area contributed by atoms with Crippen LogP contribution < -0.4 is 9.47 Å². The number of benzene rings is 1.